The van der Waals surface area contributed by atoms with Crippen molar-refractivity contribution in [2.75, 3.05) is 46.5 Å². The van der Waals surface area contributed by atoms with E-state index in [-0.39, 0.29) is 50.0 Å². The molecule has 3 aromatic rings. The number of fused-ring (bicyclic) bond motifs is 5. The molecule has 4 bridgehead atoms. The van der Waals surface area contributed by atoms with Gasteiger partial charge in [-0.1, -0.05) is 12.1 Å². The Bertz CT molecular complexity index is 1460. The summed E-state index contributed by atoms with van der Waals surface area (Å²) in [5, 5.41) is 11.4. The molecule has 0 unspecified atom stereocenters. The van der Waals surface area contributed by atoms with Crippen LogP contribution in [0.3, 0.4) is 0 Å². The molecule has 2 aliphatic rings. The van der Waals surface area contributed by atoms with E-state index in [4.69, 9.17) is 18.9 Å². The van der Waals surface area contributed by atoms with Crippen LogP contribution in [-0.4, -0.2) is 86.4 Å². The van der Waals surface area contributed by atoms with Crippen LogP contribution in [0.1, 0.15) is 33.0 Å². The number of carbonyl (C=O) groups is 3. The number of thiazole rings is 1. The molecule has 3 N–H and O–H groups in total. The van der Waals surface area contributed by atoms with Gasteiger partial charge in [-0.15, -0.1) is 11.3 Å². The van der Waals surface area contributed by atoms with Crippen molar-refractivity contribution in [2.45, 2.75) is 38.5 Å². The van der Waals surface area contributed by atoms with Gasteiger partial charge in [-0.05, 0) is 43.2 Å². The first-order valence-corrected chi connectivity index (χ1v) is 15.4. The molecular weight excluding hydrogens is 586 g/mol. The molecule has 0 radical (unpaired) electrons. The zero-order valence-electron chi connectivity index (χ0n) is 24.8. The third-order valence-corrected chi connectivity index (χ3v) is 8.04. The molecule has 1 fully saturated rings. The monoisotopic (exact) mass is 623 g/mol. The minimum atomic E-state index is -0.442. The predicted octanol–water partition coefficient (Wildman–Crippen LogP) is 3.04. The Balaban J connectivity index is 1.34. The molecular formula is C31H37N5O7S. The first-order chi connectivity index (χ1) is 21.4. The number of ether oxygens (including phenoxy) is 4. The number of nitrogens with one attached hydrogen (secondary N) is 3. The molecule has 5 rings (SSSR count). The Labute approximate surface area is 260 Å². The van der Waals surface area contributed by atoms with E-state index in [0.717, 1.165) is 16.3 Å². The fraction of sp³-hybridized carbons (Fsp3) is 0.419. The third-order valence-electron chi connectivity index (χ3n) is 7.22. The fourth-order valence-electron chi connectivity index (χ4n) is 5.03. The van der Waals surface area contributed by atoms with Crippen molar-refractivity contribution in [1.29, 1.82) is 0 Å². The number of aryl methyl sites for hydroxylation is 1. The van der Waals surface area contributed by atoms with Crippen LogP contribution in [0.4, 0.5) is 4.79 Å². The van der Waals surface area contributed by atoms with Gasteiger partial charge in [-0.25, -0.2) is 9.78 Å². The Kier molecular flexibility index (Phi) is 10.6. The molecule has 1 aromatic heterocycles. The number of methoxy groups -OCH3 is 1. The van der Waals surface area contributed by atoms with Crippen LogP contribution >= 0.6 is 11.3 Å². The molecule has 1 saturated heterocycles. The van der Waals surface area contributed by atoms with Crippen molar-refractivity contribution in [1.82, 2.24) is 25.8 Å². The largest absolute Gasteiger partial charge is 0.491 e. The standard InChI is InChI=1S/C31H37N5O7S/c1-20-34-23(19-44-20)15-29(37)36-9-6-27-28(17-36)42-18-21-4-3-5-24(12-21)43-26-14-22(13-25(16-26)41-11-10-40-2)30(38)32-7-8-33-31(39)35-27/h3-5,12-14,16,19,27-28H,6-11,15,17-18H2,1-2H3,(H,32,38)(H2,33,35,39)/t27-,28-/m0/s1. The zero-order chi connectivity index (χ0) is 30.9. The molecule has 3 heterocycles. The van der Waals surface area contributed by atoms with Gasteiger partial charge in [-0.2, -0.15) is 0 Å². The SMILES string of the molecule is COCCOc1cc2cc(c1)C(=O)NCCNC(=O)N[C@H]1CCN(C(=O)Cc3csc(C)n3)C[C@@H]1OCc1cccc(c1)O2. The van der Waals surface area contributed by atoms with E-state index >= 15 is 0 Å². The average Bonchev–Trinajstić information content (AvgIpc) is 3.42. The van der Waals surface area contributed by atoms with Gasteiger partial charge in [0.25, 0.3) is 5.91 Å². The van der Waals surface area contributed by atoms with Crippen molar-refractivity contribution < 1.29 is 33.3 Å². The highest BCUT2D eigenvalue weighted by Crippen LogP contribution is 2.29. The van der Waals surface area contributed by atoms with Gasteiger partial charge in [0.05, 0.1) is 42.5 Å². The number of likely N-dealkylation sites (tertiary alicyclic amines) is 1. The molecule has 2 aromatic carbocycles. The second kappa shape index (κ2) is 15.0. The number of hydrogen-bond donors (Lipinski definition) is 3. The summed E-state index contributed by atoms with van der Waals surface area (Å²) in [4.78, 5) is 45.1. The van der Waals surface area contributed by atoms with Crippen LogP contribution < -0.4 is 25.4 Å². The van der Waals surface area contributed by atoms with Gasteiger partial charge in [0.15, 0.2) is 0 Å². The average molecular weight is 624 g/mol. The van der Waals surface area contributed by atoms with E-state index in [9.17, 15) is 14.4 Å². The molecule has 0 aliphatic carbocycles. The summed E-state index contributed by atoms with van der Waals surface area (Å²) in [5.41, 5.74) is 1.96. The molecule has 2 aliphatic heterocycles. The van der Waals surface area contributed by atoms with Gasteiger partial charge in [0, 0.05) is 50.3 Å². The zero-order valence-corrected chi connectivity index (χ0v) is 25.6. The van der Waals surface area contributed by atoms with Crippen LogP contribution in [0.5, 0.6) is 17.2 Å². The molecule has 0 saturated carbocycles. The number of hydrogen-bond acceptors (Lipinski definition) is 9. The first kappa shape index (κ1) is 31.2. The van der Waals surface area contributed by atoms with E-state index in [1.165, 1.54) is 11.3 Å². The molecule has 2 atom stereocenters. The Hall–Kier alpha value is -4.20. The quantitative estimate of drug-likeness (QED) is 0.356. The highest BCUT2D eigenvalue weighted by molar-refractivity contribution is 7.09. The van der Waals surface area contributed by atoms with Crippen molar-refractivity contribution in [3.05, 3.63) is 69.7 Å². The second-order valence-corrected chi connectivity index (χ2v) is 11.6. The lowest BCUT2D eigenvalue weighted by atomic mass is 10.0. The van der Waals surface area contributed by atoms with Crippen LogP contribution in [0.2, 0.25) is 0 Å². The lowest BCUT2D eigenvalue weighted by Crippen LogP contribution is -2.58. The lowest BCUT2D eigenvalue weighted by molar-refractivity contribution is -0.135. The van der Waals surface area contributed by atoms with Gasteiger partial charge in [0.2, 0.25) is 5.91 Å². The smallest absolute Gasteiger partial charge is 0.315 e. The minimum absolute atomic E-state index is 0.0276. The Morgan fingerprint density at radius 1 is 1.11 bits per heavy atom. The normalized spacial score (nSPS) is 19.3. The topological polar surface area (TPSA) is 140 Å². The number of urea groups is 1. The Morgan fingerprint density at radius 3 is 2.80 bits per heavy atom. The highest BCUT2D eigenvalue weighted by atomic mass is 32.1. The van der Waals surface area contributed by atoms with E-state index in [2.05, 4.69) is 20.9 Å². The summed E-state index contributed by atoms with van der Waals surface area (Å²) >= 11 is 1.52. The second-order valence-electron chi connectivity index (χ2n) is 10.6. The van der Waals surface area contributed by atoms with Crippen molar-refractivity contribution in [3.8, 4) is 17.2 Å². The minimum Gasteiger partial charge on any atom is -0.491 e. The summed E-state index contributed by atoms with van der Waals surface area (Å²) in [5.74, 6) is 1.09. The van der Waals surface area contributed by atoms with E-state index < -0.39 is 6.10 Å². The van der Waals surface area contributed by atoms with Crippen molar-refractivity contribution in [2.24, 2.45) is 0 Å². The van der Waals surface area contributed by atoms with Crippen molar-refractivity contribution in [3.63, 3.8) is 0 Å². The van der Waals surface area contributed by atoms with Gasteiger partial charge in [-0.3, -0.25) is 9.59 Å². The molecule has 234 valence electrons. The maximum Gasteiger partial charge on any atom is 0.315 e. The fourth-order valence-corrected chi connectivity index (χ4v) is 5.65. The maximum absolute atomic E-state index is 13.1. The number of carbonyl (C=O) groups excluding carboxylic acids is 3. The maximum atomic E-state index is 13.1. The van der Waals surface area contributed by atoms with Crippen LogP contribution in [0.25, 0.3) is 0 Å². The summed E-state index contributed by atoms with van der Waals surface area (Å²) in [6.45, 7) is 4.09. The van der Waals surface area contributed by atoms with Gasteiger partial charge >= 0.3 is 6.03 Å². The number of nitrogens with zero attached hydrogens (tertiary/aromatic N) is 2. The van der Waals surface area contributed by atoms with Crippen LogP contribution in [-0.2, 0) is 27.3 Å². The number of aromatic nitrogens is 1. The van der Waals surface area contributed by atoms with Gasteiger partial charge < -0.3 is 39.8 Å². The summed E-state index contributed by atoms with van der Waals surface area (Å²) in [6, 6.07) is 11.7. The predicted molar refractivity (Wildman–Crippen MR) is 163 cm³/mol. The molecule has 44 heavy (non-hydrogen) atoms. The summed E-state index contributed by atoms with van der Waals surface area (Å²) < 4.78 is 23.3. The number of benzene rings is 2. The number of amides is 4. The number of piperidine rings is 1. The van der Waals surface area contributed by atoms with Crippen LogP contribution in [0.15, 0.2) is 47.8 Å². The lowest BCUT2D eigenvalue weighted by Gasteiger charge is -2.38. The molecule has 0 spiro atoms. The molecule has 12 nitrogen and oxygen atoms in total. The van der Waals surface area contributed by atoms with E-state index in [1.54, 1.807) is 30.2 Å². The van der Waals surface area contributed by atoms with Crippen LogP contribution in [0, 0.1) is 6.92 Å². The highest BCUT2D eigenvalue weighted by Gasteiger charge is 2.33. The van der Waals surface area contributed by atoms with Gasteiger partial charge in [0.1, 0.15) is 23.9 Å². The Morgan fingerprint density at radius 2 is 1.98 bits per heavy atom. The molecule has 4 amide bonds. The first-order valence-electron chi connectivity index (χ1n) is 14.5. The van der Waals surface area contributed by atoms with E-state index in [0.29, 0.717) is 55.5 Å². The number of rotatable bonds is 6. The summed E-state index contributed by atoms with van der Waals surface area (Å²) in [6.07, 6.45) is 0.312. The van der Waals surface area contributed by atoms with Crippen molar-refractivity contribution >= 4 is 29.2 Å². The molecule has 13 heteroatoms. The van der Waals surface area contributed by atoms with E-state index in [1.807, 2.05) is 36.6 Å². The third kappa shape index (κ3) is 8.68. The summed E-state index contributed by atoms with van der Waals surface area (Å²) in [7, 11) is 1.58.